The molecule has 1 unspecified atom stereocenters. The van der Waals surface area contributed by atoms with E-state index in [9.17, 15) is 20.0 Å². The van der Waals surface area contributed by atoms with Gasteiger partial charge in [0, 0.05) is 12.6 Å². The van der Waals surface area contributed by atoms with E-state index in [4.69, 9.17) is 11.6 Å². The van der Waals surface area contributed by atoms with Gasteiger partial charge in [-0.2, -0.15) is 0 Å². The zero-order valence-corrected chi connectivity index (χ0v) is 12.6. The van der Waals surface area contributed by atoms with Crippen LogP contribution in [0.3, 0.4) is 0 Å². The molecule has 0 saturated carbocycles. The van der Waals surface area contributed by atoms with Gasteiger partial charge in [0.25, 0.3) is 11.6 Å². The Morgan fingerprint density at radius 1 is 1.52 bits per heavy atom. The standard InChI is InChI=1S/C13H18ClN3O4/c1-3-8(4-2)11(18)7-16-13(19)10-5-9(17(20)21)6-15-12(10)14/h5-6,8,11,18H,3-4,7H2,1-2H3,(H,16,19). The van der Waals surface area contributed by atoms with Crippen LogP contribution in [0.2, 0.25) is 5.15 Å². The number of nitrogens with one attached hydrogen (secondary N) is 1. The lowest BCUT2D eigenvalue weighted by molar-refractivity contribution is -0.385. The third-order valence-electron chi connectivity index (χ3n) is 3.34. The molecule has 0 aliphatic rings. The van der Waals surface area contributed by atoms with Crippen LogP contribution in [0.5, 0.6) is 0 Å². The fourth-order valence-corrected chi connectivity index (χ4v) is 2.18. The monoisotopic (exact) mass is 315 g/mol. The third-order valence-corrected chi connectivity index (χ3v) is 3.65. The predicted molar refractivity (Wildman–Crippen MR) is 78.3 cm³/mol. The van der Waals surface area contributed by atoms with E-state index in [0.717, 1.165) is 25.1 Å². The number of aromatic nitrogens is 1. The molecule has 0 spiro atoms. The van der Waals surface area contributed by atoms with Crippen molar-refractivity contribution in [2.45, 2.75) is 32.8 Å². The second-order valence-electron chi connectivity index (χ2n) is 4.64. The van der Waals surface area contributed by atoms with E-state index in [1.807, 2.05) is 13.8 Å². The maximum atomic E-state index is 12.0. The molecule has 2 N–H and O–H groups in total. The molecule has 0 aliphatic heterocycles. The van der Waals surface area contributed by atoms with Gasteiger partial charge in [-0.15, -0.1) is 0 Å². The zero-order valence-electron chi connectivity index (χ0n) is 11.9. The highest BCUT2D eigenvalue weighted by Gasteiger charge is 2.20. The van der Waals surface area contributed by atoms with Gasteiger partial charge in [0.05, 0.1) is 16.6 Å². The summed E-state index contributed by atoms with van der Waals surface area (Å²) < 4.78 is 0. The van der Waals surface area contributed by atoms with E-state index >= 15 is 0 Å². The van der Waals surface area contributed by atoms with Crippen molar-refractivity contribution in [2.24, 2.45) is 5.92 Å². The molecule has 0 bridgehead atoms. The second-order valence-corrected chi connectivity index (χ2v) is 5.00. The highest BCUT2D eigenvalue weighted by atomic mass is 35.5. The number of hydrogen-bond acceptors (Lipinski definition) is 5. The lowest BCUT2D eigenvalue weighted by atomic mass is 9.96. The number of aliphatic hydroxyl groups excluding tert-OH is 1. The summed E-state index contributed by atoms with van der Waals surface area (Å²) >= 11 is 5.77. The molecule has 0 aromatic carbocycles. The molecule has 0 fully saturated rings. The summed E-state index contributed by atoms with van der Waals surface area (Å²) in [6.45, 7) is 3.98. The summed E-state index contributed by atoms with van der Waals surface area (Å²) in [5.74, 6) is -0.509. The molecule has 0 saturated heterocycles. The van der Waals surface area contributed by atoms with Crippen molar-refractivity contribution in [1.82, 2.24) is 10.3 Å². The van der Waals surface area contributed by atoms with Crippen LogP contribution in [0.15, 0.2) is 12.3 Å². The third kappa shape index (κ3) is 4.64. The molecule has 1 aromatic rings. The molecule has 1 amide bonds. The summed E-state index contributed by atoms with van der Waals surface area (Å²) in [5.41, 5.74) is -0.396. The van der Waals surface area contributed by atoms with Crippen LogP contribution in [-0.2, 0) is 0 Å². The van der Waals surface area contributed by atoms with Crippen molar-refractivity contribution in [1.29, 1.82) is 0 Å². The smallest absolute Gasteiger partial charge is 0.288 e. The topological polar surface area (TPSA) is 105 Å². The van der Waals surface area contributed by atoms with Crippen molar-refractivity contribution < 1.29 is 14.8 Å². The minimum absolute atomic E-state index is 0.0597. The Morgan fingerprint density at radius 2 is 2.14 bits per heavy atom. The first-order chi connectivity index (χ1) is 9.90. The van der Waals surface area contributed by atoms with Crippen molar-refractivity contribution >= 4 is 23.2 Å². The molecule has 116 valence electrons. The molecule has 0 radical (unpaired) electrons. The Bertz CT molecular complexity index is 520. The fraction of sp³-hybridized carbons (Fsp3) is 0.538. The maximum absolute atomic E-state index is 12.0. The average molecular weight is 316 g/mol. The second kappa shape index (κ2) is 7.90. The first-order valence-corrected chi connectivity index (χ1v) is 7.04. The van der Waals surface area contributed by atoms with Gasteiger partial charge >= 0.3 is 0 Å². The van der Waals surface area contributed by atoms with E-state index < -0.39 is 16.9 Å². The van der Waals surface area contributed by atoms with E-state index in [1.54, 1.807) is 0 Å². The molecule has 1 heterocycles. The summed E-state index contributed by atoms with van der Waals surface area (Å²) in [5, 5.41) is 23.0. The molecular formula is C13H18ClN3O4. The number of amides is 1. The molecule has 0 aliphatic carbocycles. The van der Waals surface area contributed by atoms with Gasteiger partial charge in [-0.1, -0.05) is 38.3 Å². The largest absolute Gasteiger partial charge is 0.391 e. The Hall–Kier alpha value is -1.73. The van der Waals surface area contributed by atoms with Crippen LogP contribution in [0.4, 0.5) is 5.69 Å². The Labute approximate surface area is 127 Å². The molecular weight excluding hydrogens is 298 g/mol. The van der Waals surface area contributed by atoms with Gasteiger partial charge in [0.2, 0.25) is 0 Å². The Kier molecular flexibility index (Phi) is 6.51. The lowest BCUT2D eigenvalue weighted by Gasteiger charge is -2.20. The zero-order chi connectivity index (χ0) is 16.0. The van der Waals surface area contributed by atoms with Crippen LogP contribution in [0.1, 0.15) is 37.0 Å². The molecule has 1 atom stereocenters. The molecule has 7 nitrogen and oxygen atoms in total. The van der Waals surface area contributed by atoms with Gasteiger partial charge in [-0.3, -0.25) is 14.9 Å². The first-order valence-electron chi connectivity index (χ1n) is 6.66. The number of aliphatic hydroxyl groups is 1. The van der Waals surface area contributed by atoms with E-state index in [2.05, 4.69) is 10.3 Å². The SMILES string of the molecule is CCC(CC)C(O)CNC(=O)c1cc([N+](=O)[O-])cnc1Cl. The maximum Gasteiger partial charge on any atom is 0.288 e. The van der Waals surface area contributed by atoms with Crippen molar-refractivity contribution in [2.75, 3.05) is 6.54 Å². The number of carbonyl (C=O) groups is 1. The number of nitro groups is 1. The Morgan fingerprint density at radius 3 is 2.67 bits per heavy atom. The van der Waals surface area contributed by atoms with Crippen LogP contribution >= 0.6 is 11.6 Å². The summed E-state index contributed by atoms with van der Waals surface area (Å²) in [6, 6.07) is 1.06. The minimum Gasteiger partial charge on any atom is -0.391 e. The highest BCUT2D eigenvalue weighted by molar-refractivity contribution is 6.32. The fourth-order valence-electron chi connectivity index (χ4n) is 1.99. The number of halogens is 1. The van der Waals surface area contributed by atoms with Crippen LogP contribution in [0, 0.1) is 16.0 Å². The number of rotatable bonds is 7. The first kappa shape index (κ1) is 17.3. The number of pyridine rings is 1. The summed E-state index contributed by atoms with van der Waals surface area (Å²) in [6.07, 6.45) is 1.91. The van der Waals surface area contributed by atoms with Gasteiger partial charge < -0.3 is 10.4 Å². The predicted octanol–water partition coefficient (Wildman–Crippen LogP) is 2.17. The quantitative estimate of drug-likeness (QED) is 0.455. The minimum atomic E-state index is -0.672. The average Bonchev–Trinajstić information content (AvgIpc) is 2.46. The van der Waals surface area contributed by atoms with Crippen molar-refractivity contribution in [3.8, 4) is 0 Å². The Balaban J connectivity index is 2.76. The van der Waals surface area contributed by atoms with E-state index in [1.165, 1.54) is 0 Å². The van der Waals surface area contributed by atoms with Gasteiger partial charge in [-0.25, -0.2) is 4.98 Å². The van der Waals surface area contributed by atoms with Crippen LogP contribution in [0.25, 0.3) is 0 Å². The van der Waals surface area contributed by atoms with Gasteiger partial charge in [-0.05, 0) is 5.92 Å². The van der Waals surface area contributed by atoms with E-state index in [0.29, 0.717) is 0 Å². The van der Waals surface area contributed by atoms with Crippen molar-refractivity contribution in [3.63, 3.8) is 0 Å². The molecule has 1 aromatic heterocycles. The van der Waals surface area contributed by atoms with Gasteiger partial charge in [0.15, 0.2) is 0 Å². The number of carbonyl (C=O) groups excluding carboxylic acids is 1. The van der Waals surface area contributed by atoms with Gasteiger partial charge in [0.1, 0.15) is 11.3 Å². The molecule has 1 rings (SSSR count). The number of nitrogens with zero attached hydrogens (tertiary/aromatic N) is 2. The van der Waals surface area contributed by atoms with E-state index in [-0.39, 0.29) is 28.9 Å². The van der Waals surface area contributed by atoms with Crippen LogP contribution < -0.4 is 5.32 Å². The molecule has 21 heavy (non-hydrogen) atoms. The molecule has 8 heteroatoms. The van der Waals surface area contributed by atoms with Crippen molar-refractivity contribution in [3.05, 3.63) is 33.1 Å². The highest BCUT2D eigenvalue weighted by Crippen LogP contribution is 2.19. The number of hydrogen-bond donors (Lipinski definition) is 2. The summed E-state index contributed by atoms with van der Waals surface area (Å²) in [7, 11) is 0. The lowest BCUT2D eigenvalue weighted by Crippen LogP contribution is -2.36. The normalized spacial score (nSPS) is 12.2. The van der Waals surface area contributed by atoms with Crippen LogP contribution in [-0.4, -0.2) is 33.6 Å². The summed E-state index contributed by atoms with van der Waals surface area (Å²) in [4.78, 5) is 25.6.